The molecule has 1 atom stereocenters. The van der Waals surface area contributed by atoms with Gasteiger partial charge in [-0.25, -0.2) is 0 Å². The molecule has 2 rings (SSSR count). The van der Waals surface area contributed by atoms with E-state index in [4.69, 9.17) is 4.74 Å². The van der Waals surface area contributed by atoms with Crippen LogP contribution in [0.15, 0.2) is 18.2 Å². The van der Waals surface area contributed by atoms with Crippen LogP contribution in [0.1, 0.15) is 29.9 Å². The molecule has 5 heteroatoms. The Morgan fingerprint density at radius 3 is 2.65 bits per heavy atom. The van der Waals surface area contributed by atoms with E-state index >= 15 is 0 Å². The highest BCUT2D eigenvalue weighted by atomic mass is 32.1. The summed E-state index contributed by atoms with van der Waals surface area (Å²) in [5.74, 6) is 0.131. The van der Waals surface area contributed by atoms with Crippen molar-refractivity contribution in [3.8, 4) is 11.5 Å². The highest BCUT2D eigenvalue weighted by Crippen LogP contribution is 2.36. The van der Waals surface area contributed by atoms with E-state index in [2.05, 4.69) is 0 Å². The van der Waals surface area contributed by atoms with Crippen molar-refractivity contribution in [2.45, 2.75) is 20.3 Å². The molecule has 0 fully saturated rings. The zero-order chi connectivity index (χ0) is 14.9. The van der Waals surface area contributed by atoms with E-state index < -0.39 is 0 Å². The Labute approximate surface area is 121 Å². The van der Waals surface area contributed by atoms with Crippen LogP contribution in [0.5, 0.6) is 11.5 Å². The largest absolute Gasteiger partial charge is 0.504 e. The summed E-state index contributed by atoms with van der Waals surface area (Å²) in [6, 6.07) is 5.06. The monoisotopic (exact) mass is 292 g/mol. The number of fused-ring (bicyclic) bond motifs is 1. The number of hydrogen-bond donors (Lipinski definition) is 1. The molecule has 0 bridgehead atoms. The standard InChI is InChI=1S/C15H16O4S/c1-8(9(2)16)4-12(18)15-6-10-5-13(19-3)11(17)7-14(10)20-15/h5-8,17H,4H2,1-3H3/t8-/m0/s1. The Morgan fingerprint density at radius 1 is 1.35 bits per heavy atom. The predicted molar refractivity (Wildman–Crippen MR) is 78.8 cm³/mol. The lowest BCUT2D eigenvalue weighted by Gasteiger charge is -2.04. The van der Waals surface area contributed by atoms with Crippen LogP contribution in [0, 0.1) is 5.92 Å². The fourth-order valence-corrected chi connectivity index (χ4v) is 2.90. The first-order valence-electron chi connectivity index (χ1n) is 6.26. The normalized spacial score (nSPS) is 12.3. The third kappa shape index (κ3) is 2.82. The van der Waals surface area contributed by atoms with Gasteiger partial charge in [-0.3, -0.25) is 9.59 Å². The lowest BCUT2D eigenvalue weighted by Crippen LogP contribution is -2.11. The number of carbonyl (C=O) groups excluding carboxylic acids is 2. The number of phenolic OH excluding ortho intramolecular Hbond substituents is 1. The van der Waals surface area contributed by atoms with Crippen LogP contribution < -0.4 is 4.74 Å². The van der Waals surface area contributed by atoms with Gasteiger partial charge in [-0.2, -0.15) is 0 Å². The number of rotatable bonds is 5. The molecule has 0 aliphatic carbocycles. The number of ketones is 2. The number of benzene rings is 1. The lowest BCUT2D eigenvalue weighted by molar-refractivity contribution is -0.120. The summed E-state index contributed by atoms with van der Waals surface area (Å²) in [5, 5.41) is 10.6. The Morgan fingerprint density at radius 2 is 2.05 bits per heavy atom. The van der Waals surface area contributed by atoms with Gasteiger partial charge >= 0.3 is 0 Å². The molecule has 1 heterocycles. The van der Waals surface area contributed by atoms with Crippen molar-refractivity contribution < 1.29 is 19.4 Å². The molecule has 4 nitrogen and oxygen atoms in total. The van der Waals surface area contributed by atoms with Gasteiger partial charge in [-0.05, 0) is 24.4 Å². The van der Waals surface area contributed by atoms with Gasteiger partial charge in [-0.15, -0.1) is 11.3 Å². The second-order valence-electron chi connectivity index (χ2n) is 4.81. The minimum Gasteiger partial charge on any atom is -0.504 e. The maximum Gasteiger partial charge on any atom is 0.173 e. The molecule has 0 saturated carbocycles. The van der Waals surface area contributed by atoms with Gasteiger partial charge in [0.05, 0.1) is 12.0 Å². The summed E-state index contributed by atoms with van der Waals surface area (Å²) in [7, 11) is 1.48. The minimum absolute atomic E-state index is 0.0128. The molecule has 1 aromatic carbocycles. The lowest BCUT2D eigenvalue weighted by atomic mass is 10.0. The van der Waals surface area contributed by atoms with Gasteiger partial charge < -0.3 is 9.84 Å². The number of Topliss-reactive ketones (excluding diaryl/α,β-unsaturated/α-hetero) is 2. The predicted octanol–water partition coefficient (Wildman–Crippen LogP) is 3.41. The first-order valence-corrected chi connectivity index (χ1v) is 7.08. The Bertz CT molecular complexity index is 672. The molecule has 0 unspecified atom stereocenters. The summed E-state index contributed by atoms with van der Waals surface area (Å²) in [6.07, 6.45) is 0.214. The zero-order valence-corrected chi connectivity index (χ0v) is 12.4. The van der Waals surface area contributed by atoms with Gasteiger partial charge in [0, 0.05) is 23.1 Å². The number of methoxy groups -OCH3 is 1. The average molecular weight is 292 g/mol. The molecule has 0 spiro atoms. The van der Waals surface area contributed by atoms with Crippen LogP contribution in [0.3, 0.4) is 0 Å². The number of hydrogen-bond acceptors (Lipinski definition) is 5. The summed E-state index contributed by atoms with van der Waals surface area (Å²) in [4.78, 5) is 23.9. The highest BCUT2D eigenvalue weighted by Gasteiger charge is 2.17. The van der Waals surface area contributed by atoms with E-state index in [0.717, 1.165) is 10.1 Å². The van der Waals surface area contributed by atoms with Crippen LogP contribution in [-0.4, -0.2) is 23.8 Å². The number of aromatic hydroxyl groups is 1. The van der Waals surface area contributed by atoms with Crippen LogP contribution >= 0.6 is 11.3 Å². The SMILES string of the molecule is COc1cc2cc(C(=O)C[C@H](C)C(C)=O)sc2cc1O. The molecule has 20 heavy (non-hydrogen) atoms. The van der Waals surface area contributed by atoms with Crippen molar-refractivity contribution in [1.29, 1.82) is 0 Å². The highest BCUT2D eigenvalue weighted by molar-refractivity contribution is 7.20. The molecular weight excluding hydrogens is 276 g/mol. The number of phenols is 1. The second-order valence-corrected chi connectivity index (χ2v) is 5.90. The van der Waals surface area contributed by atoms with E-state index in [1.807, 2.05) is 0 Å². The van der Waals surface area contributed by atoms with Crippen molar-refractivity contribution in [2.24, 2.45) is 5.92 Å². The van der Waals surface area contributed by atoms with Crippen LogP contribution in [0.2, 0.25) is 0 Å². The number of carbonyl (C=O) groups is 2. The van der Waals surface area contributed by atoms with Gasteiger partial charge in [0.2, 0.25) is 0 Å². The van der Waals surface area contributed by atoms with Crippen LogP contribution in [0.4, 0.5) is 0 Å². The van der Waals surface area contributed by atoms with Crippen molar-refractivity contribution in [3.63, 3.8) is 0 Å². The molecular formula is C15H16O4S. The molecule has 0 amide bonds. The van der Waals surface area contributed by atoms with Gasteiger partial charge in [0.15, 0.2) is 17.3 Å². The Balaban J connectivity index is 2.32. The molecule has 0 saturated heterocycles. The third-order valence-corrected chi connectivity index (χ3v) is 4.42. The zero-order valence-electron chi connectivity index (χ0n) is 11.6. The van der Waals surface area contributed by atoms with Crippen molar-refractivity contribution >= 4 is 33.0 Å². The minimum atomic E-state index is -0.268. The van der Waals surface area contributed by atoms with Crippen molar-refractivity contribution in [1.82, 2.24) is 0 Å². The molecule has 0 aliphatic rings. The van der Waals surface area contributed by atoms with E-state index in [1.165, 1.54) is 25.4 Å². The maximum atomic E-state index is 12.1. The first kappa shape index (κ1) is 14.5. The van der Waals surface area contributed by atoms with Gasteiger partial charge in [-0.1, -0.05) is 6.92 Å². The van der Waals surface area contributed by atoms with Gasteiger partial charge in [0.25, 0.3) is 0 Å². The molecule has 0 radical (unpaired) electrons. The van der Waals surface area contributed by atoms with Crippen LogP contribution in [-0.2, 0) is 4.79 Å². The van der Waals surface area contributed by atoms with E-state index in [9.17, 15) is 14.7 Å². The average Bonchev–Trinajstić information content (AvgIpc) is 2.80. The Hall–Kier alpha value is -1.88. The van der Waals surface area contributed by atoms with Crippen molar-refractivity contribution in [3.05, 3.63) is 23.1 Å². The smallest absolute Gasteiger partial charge is 0.173 e. The first-order chi connectivity index (χ1) is 9.42. The summed E-state index contributed by atoms with van der Waals surface area (Å²) in [6.45, 7) is 3.24. The van der Waals surface area contributed by atoms with Crippen LogP contribution in [0.25, 0.3) is 10.1 Å². The fraction of sp³-hybridized carbons (Fsp3) is 0.333. The van der Waals surface area contributed by atoms with E-state index in [-0.39, 0.29) is 29.7 Å². The summed E-state index contributed by atoms with van der Waals surface area (Å²) < 4.78 is 5.87. The van der Waals surface area contributed by atoms with Gasteiger partial charge in [0.1, 0.15) is 5.78 Å². The summed E-state index contributed by atoms with van der Waals surface area (Å²) in [5.41, 5.74) is 0. The molecule has 1 N–H and O–H groups in total. The molecule has 0 aliphatic heterocycles. The molecule has 1 aromatic heterocycles. The van der Waals surface area contributed by atoms with Crippen molar-refractivity contribution in [2.75, 3.05) is 7.11 Å². The van der Waals surface area contributed by atoms with E-state index in [0.29, 0.717) is 10.6 Å². The number of ether oxygens (including phenoxy) is 1. The maximum absolute atomic E-state index is 12.1. The number of thiophene rings is 1. The fourth-order valence-electron chi connectivity index (χ4n) is 1.88. The second kappa shape index (κ2) is 5.63. The third-order valence-electron chi connectivity index (χ3n) is 3.28. The molecule has 2 aromatic rings. The summed E-state index contributed by atoms with van der Waals surface area (Å²) >= 11 is 1.32. The quantitative estimate of drug-likeness (QED) is 0.858. The molecule has 106 valence electrons. The van der Waals surface area contributed by atoms with E-state index in [1.54, 1.807) is 25.1 Å². The topological polar surface area (TPSA) is 63.6 Å². The Kier molecular flexibility index (Phi) is 4.09.